The van der Waals surface area contributed by atoms with Gasteiger partial charge in [0, 0.05) is 30.1 Å². The number of ether oxygens (including phenoxy) is 1. The van der Waals surface area contributed by atoms with E-state index in [0.29, 0.717) is 18.5 Å². The second-order valence-electron chi connectivity index (χ2n) is 6.18. The van der Waals surface area contributed by atoms with Crippen molar-refractivity contribution < 1.29 is 31.9 Å². The minimum atomic E-state index is -4.85. The van der Waals surface area contributed by atoms with Crippen molar-refractivity contribution in [2.24, 2.45) is 5.92 Å². The highest BCUT2D eigenvalue weighted by Crippen LogP contribution is 2.26. The molecule has 1 fully saturated rings. The van der Waals surface area contributed by atoms with Gasteiger partial charge in [0.2, 0.25) is 0 Å². The van der Waals surface area contributed by atoms with E-state index in [2.05, 4.69) is 4.74 Å². The van der Waals surface area contributed by atoms with E-state index >= 15 is 0 Å². The lowest BCUT2D eigenvalue weighted by molar-refractivity contribution is -0.274. The highest BCUT2D eigenvalue weighted by molar-refractivity contribution is 6.00. The molecule has 1 saturated heterocycles. The first-order chi connectivity index (χ1) is 12.7. The van der Waals surface area contributed by atoms with Gasteiger partial charge in [-0.25, -0.2) is 4.39 Å². The van der Waals surface area contributed by atoms with Crippen molar-refractivity contribution in [3.8, 4) is 5.75 Å². The topological polar surface area (TPSA) is 46.6 Å². The monoisotopic (exact) mass is 381 g/mol. The number of ketones is 1. The van der Waals surface area contributed by atoms with Crippen molar-refractivity contribution in [2.75, 3.05) is 13.1 Å². The number of hydrogen-bond donors (Lipinski definition) is 0. The summed E-state index contributed by atoms with van der Waals surface area (Å²) in [5.74, 6) is -2.03. The van der Waals surface area contributed by atoms with E-state index in [1.807, 2.05) is 0 Å². The zero-order chi connectivity index (χ0) is 19.6. The van der Waals surface area contributed by atoms with Crippen molar-refractivity contribution in [1.82, 2.24) is 4.90 Å². The van der Waals surface area contributed by atoms with E-state index in [-0.39, 0.29) is 17.9 Å². The van der Waals surface area contributed by atoms with Gasteiger partial charge in [0.05, 0.1) is 0 Å². The number of rotatable bonds is 4. The molecular formula is C19H15F4NO3. The summed E-state index contributed by atoms with van der Waals surface area (Å²) in [4.78, 5) is 26.4. The lowest BCUT2D eigenvalue weighted by Gasteiger charge is -2.17. The smallest absolute Gasteiger partial charge is 0.406 e. The maximum Gasteiger partial charge on any atom is 0.573 e. The summed E-state index contributed by atoms with van der Waals surface area (Å²) in [5, 5.41) is 0. The number of hydrogen-bond acceptors (Lipinski definition) is 3. The molecule has 1 heterocycles. The third kappa shape index (κ3) is 4.64. The molecule has 1 aliphatic rings. The van der Waals surface area contributed by atoms with E-state index < -0.39 is 29.8 Å². The molecule has 8 heteroatoms. The standard InChI is InChI=1S/C19H15F4NO3/c20-15-6-4-12(5-7-15)17(25)14-8-9-24(11-14)18(26)13-2-1-3-16(10-13)27-19(21,22)23/h1-7,10,14H,8-9,11H2/t14-/m0/s1. The molecule has 0 unspecified atom stereocenters. The van der Waals surface area contributed by atoms with Gasteiger partial charge in [0.1, 0.15) is 11.6 Å². The summed E-state index contributed by atoms with van der Waals surface area (Å²) in [6, 6.07) is 9.97. The molecule has 0 radical (unpaired) electrons. The molecule has 1 atom stereocenters. The Morgan fingerprint density at radius 3 is 2.41 bits per heavy atom. The molecular weight excluding hydrogens is 366 g/mol. The Labute approximate surface area is 152 Å². The van der Waals surface area contributed by atoms with E-state index in [0.717, 1.165) is 12.1 Å². The van der Waals surface area contributed by atoms with Gasteiger partial charge < -0.3 is 9.64 Å². The average molecular weight is 381 g/mol. The highest BCUT2D eigenvalue weighted by Gasteiger charge is 2.33. The minimum Gasteiger partial charge on any atom is -0.406 e. The van der Waals surface area contributed by atoms with Crippen LogP contribution in [0.1, 0.15) is 27.1 Å². The van der Waals surface area contributed by atoms with Gasteiger partial charge in [-0.3, -0.25) is 9.59 Å². The molecule has 0 aromatic heterocycles. The van der Waals surface area contributed by atoms with Gasteiger partial charge in [0.15, 0.2) is 5.78 Å². The molecule has 0 saturated carbocycles. The van der Waals surface area contributed by atoms with Gasteiger partial charge in [-0.1, -0.05) is 6.07 Å². The van der Waals surface area contributed by atoms with Crippen LogP contribution < -0.4 is 4.74 Å². The largest absolute Gasteiger partial charge is 0.573 e. The van der Waals surface area contributed by atoms with E-state index in [1.165, 1.54) is 41.3 Å². The Morgan fingerprint density at radius 2 is 1.74 bits per heavy atom. The first kappa shape index (κ1) is 18.9. The van der Waals surface area contributed by atoms with Crippen LogP contribution in [-0.4, -0.2) is 36.0 Å². The second-order valence-corrected chi connectivity index (χ2v) is 6.18. The van der Waals surface area contributed by atoms with Crippen LogP contribution in [0.4, 0.5) is 17.6 Å². The van der Waals surface area contributed by atoms with Crippen molar-refractivity contribution in [1.29, 1.82) is 0 Å². The van der Waals surface area contributed by atoms with Gasteiger partial charge in [0.25, 0.3) is 5.91 Å². The number of amides is 1. The third-order valence-electron chi connectivity index (χ3n) is 4.29. The molecule has 4 nitrogen and oxygen atoms in total. The fraction of sp³-hybridized carbons (Fsp3) is 0.263. The van der Waals surface area contributed by atoms with Crippen LogP contribution in [0.15, 0.2) is 48.5 Å². The second kappa shape index (κ2) is 7.38. The van der Waals surface area contributed by atoms with Crippen molar-refractivity contribution >= 4 is 11.7 Å². The van der Waals surface area contributed by atoms with E-state index in [1.54, 1.807) is 0 Å². The molecule has 3 rings (SSSR count). The van der Waals surface area contributed by atoms with Crippen LogP contribution in [0, 0.1) is 11.7 Å². The first-order valence-electron chi connectivity index (χ1n) is 8.18. The number of carbonyl (C=O) groups excluding carboxylic acids is 2. The van der Waals surface area contributed by atoms with Crippen molar-refractivity contribution in [3.05, 3.63) is 65.5 Å². The van der Waals surface area contributed by atoms with Gasteiger partial charge in [-0.15, -0.1) is 13.2 Å². The van der Waals surface area contributed by atoms with Crippen molar-refractivity contribution in [2.45, 2.75) is 12.8 Å². The molecule has 0 aliphatic carbocycles. The predicted molar refractivity (Wildman–Crippen MR) is 87.9 cm³/mol. The molecule has 1 aliphatic heterocycles. The zero-order valence-electron chi connectivity index (χ0n) is 14.0. The number of Topliss-reactive ketones (excluding diaryl/α,β-unsaturated/α-hetero) is 1. The lowest BCUT2D eigenvalue weighted by Crippen LogP contribution is -2.30. The predicted octanol–water partition coefficient (Wildman–Crippen LogP) is 4.07. The minimum absolute atomic E-state index is 0.0478. The molecule has 0 spiro atoms. The van der Waals surface area contributed by atoms with Gasteiger partial charge in [-0.05, 0) is 48.9 Å². The SMILES string of the molecule is O=C(c1ccc(F)cc1)[C@H]1CCN(C(=O)c2cccc(OC(F)(F)F)c2)C1. The summed E-state index contributed by atoms with van der Waals surface area (Å²) in [5.41, 5.74) is 0.405. The zero-order valence-corrected chi connectivity index (χ0v) is 14.0. The summed E-state index contributed by atoms with van der Waals surface area (Å²) >= 11 is 0. The normalized spacial score (nSPS) is 17.0. The summed E-state index contributed by atoms with van der Waals surface area (Å²) in [6.07, 6.45) is -4.41. The van der Waals surface area contributed by atoms with Crippen LogP contribution in [0.2, 0.25) is 0 Å². The molecule has 2 aromatic carbocycles. The van der Waals surface area contributed by atoms with Gasteiger partial charge >= 0.3 is 6.36 Å². The Bertz CT molecular complexity index is 849. The summed E-state index contributed by atoms with van der Waals surface area (Å²) < 4.78 is 53.8. The quantitative estimate of drug-likeness (QED) is 0.593. The number of nitrogens with zero attached hydrogens (tertiary/aromatic N) is 1. The Hall–Kier alpha value is -2.90. The van der Waals surface area contributed by atoms with Gasteiger partial charge in [-0.2, -0.15) is 0 Å². The maximum absolute atomic E-state index is 13.0. The van der Waals surface area contributed by atoms with Crippen LogP contribution >= 0.6 is 0 Å². The van der Waals surface area contributed by atoms with Crippen LogP contribution in [0.25, 0.3) is 0 Å². The molecule has 142 valence electrons. The van der Waals surface area contributed by atoms with E-state index in [9.17, 15) is 27.2 Å². The average Bonchev–Trinajstić information content (AvgIpc) is 3.10. The summed E-state index contributed by atoms with van der Waals surface area (Å²) in [7, 11) is 0. The maximum atomic E-state index is 13.0. The fourth-order valence-electron chi connectivity index (χ4n) is 3.02. The lowest BCUT2D eigenvalue weighted by atomic mass is 9.97. The van der Waals surface area contributed by atoms with Crippen LogP contribution in [0.5, 0.6) is 5.75 Å². The number of alkyl halides is 3. The van der Waals surface area contributed by atoms with E-state index in [4.69, 9.17) is 0 Å². The summed E-state index contributed by atoms with van der Waals surface area (Å²) in [6.45, 7) is 0.459. The molecule has 1 amide bonds. The van der Waals surface area contributed by atoms with Crippen LogP contribution in [0.3, 0.4) is 0 Å². The number of likely N-dealkylation sites (tertiary alicyclic amines) is 1. The Morgan fingerprint density at radius 1 is 1.04 bits per heavy atom. The highest BCUT2D eigenvalue weighted by atomic mass is 19.4. The number of carbonyl (C=O) groups is 2. The van der Waals surface area contributed by atoms with Crippen LogP contribution in [-0.2, 0) is 0 Å². The number of halogens is 4. The molecule has 27 heavy (non-hydrogen) atoms. The van der Waals surface area contributed by atoms with Crippen molar-refractivity contribution in [3.63, 3.8) is 0 Å². The number of benzene rings is 2. The molecule has 0 bridgehead atoms. The Balaban J connectivity index is 1.68. The fourth-order valence-corrected chi connectivity index (χ4v) is 3.02. The molecule has 0 N–H and O–H groups in total. The molecule has 2 aromatic rings. The Kier molecular flexibility index (Phi) is 5.16. The first-order valence-corrected chi connectivity index (χ1v) is 8.18. The third-order valence-corrected chi connectivity index (χ3v) is 4.29.